The van der Waals surface area contributed by atoms with E-state index in [-0.39, 0.29) is 11.8 Å². The maximum Gasteiger partial charge on any atom is 0.295 e. The molecular weight excluding hydrogens is 350 g/mol. The highest BCUT2D eigenvalue weighted by atomic mass is 16.7. The summed E-state index contributed by atoms with van der Waals surface area (Å²) in [7, 11) is 0. The van der Waals surface area contributed by atoms with E-state index in [4.69, 9.17) is 4.84 Å². The van der Waals surface area contributed by atoms with Crippen LogP contribution in [0.3, 0.4) is 0 Å². The van der Waals surface area contributed by atoms with Gasteiger partial charge in [0.05, 0.1) is 11.1 Å². The summed E-state index contributed by atoms with van der Waals surface area (Å²) in [6.07, 6.45) is 9.77. The van der Waals surface area contributed by atoms with Crippen molar-refractivity contribution in [3.8, 4) is 5.75 Å². The Morgan fingerprint density at radius 1 is 0.964 bits per heavy atom. The largest absolute Gasteiger partial charge is 0.368 e. The average molecular weight is 375 g/mol. The molecule has 1 saturated heterocycles. The number of hydrogen-bond donors (Lipinski definition) is 0. The number of imide groups is 1. The zero-order valence-electron chi connectivity index (χ0n) is 16.5. The van der Waals surface area contributed by atoms with Crippen molar-refractivity contribution in [2.45, 2.75) is 52.4 Å². The van der Waals surface area contributed by atoms with E-state index >= 15 is 0 Å². The van der Waals surface area contributed by atoms with Crippen molar-refractivity contribution in [1.82, 2.24) is 5.06 Å². The molecule has 0 radical (unpaired) electrons. The molecule has 2 aromatic carbocycles. The Morgan fingerprint density at radius 2 is 1.61 bits per heavy atom. The molecule has 1 heterocycles. The Labute approximate surface area is 165 Å². The molecule has 2 amide bonds. The van der Waals surface area contributed by atoms with E-state index in [0.29, 0.717) is 16.9 Å². The van der Waals surface area contributed by atoms with Gasteiger partial charge in [-0.05, 0) is 55.2 Å². The van der Waals surface area contributed by atoms with Crippen LogP contribution in [0.25, 0.3) is 10.8 Å². The van der Waals surface area contributed by atoms with Gasteiger partial charge in [-0.1, -0.05) is 61.2 Å². The highest BCUT2D eigenvalue weighted by Gasteiger charge is 2.41. The number of hydrogen-bond acceptors (Lipinski definition) is 3. The molecule has 4 rings (SSSR count). The number of fused-ring (bicyclic) bond motifs is 2. The summed E-state index contributed by atoms with van der Waals surface area (Å²) in [4.78, 5) is 31.3. The normalized spacial score (nSPS) is 16.3. The monoisotopic (exact) mass is 375 g/mol. The molecule has 28 heavy (non-hydrogen) atoms. The number of aryl methyl sites for hydroxylation is 2. The van der Waals surface area contributed by atoms with Crippen molar-refractivity contribution in [2.75, 3.05) is 0 Å². The molecule has 1 aliphatic heterocycles. The zero-order chi connectivity index (χ0) is 19.7. The highest BCUT2D eigenvalue weighted by molar-refractivity contribution is 6.24. The van der Waals surface area contributed by atoms with Crippen LogP contribution in [0.1, 0.15) is 50.2 Å². The first-order valence-corrected chi connectivity index (χ1v) is 10.1. The second-order valence-electron chi connectivity index (χ2n) is 7.48. The second-order valence-corrected chi connectivity index (χ2v) is 7.48. The van der Waals surface area contributed by atoms with E-state index in [1.807, 2.05) is 36.4 Å². The van der Waals surface area contributed by atoms with E-state index < -0.39 is 0 Å². The Morgan fingerprint density at radius 3 is 2.25 bits per heavy atom. The molecule has 0 atom stereocenters. The molecular formula is C24H25NO3. The molecule has 2 aliphatic rings. The lowest BCUT2D eigenvalue weighted by molar-refractivity contribution is -0.162. The number of benzene rings is 2. The number of nitrogens with zero attached hydrogens (tertiary/aromatic N) is 1. The van der Waals surface area contributed by atoms with Crippen LogP contribution >= 0.6 is 0 Å². The number of rotatable bonds is 6. The molecule has 1 aliphatic carbocycles. The fourth-order valence-corrected chi connectivity index (χ4v) is 4.07. The van der Waals surface area contributed by atoms with Gasteiger partial charge in [-0.2, -0.15) is 0 Å². The first kappa shape index (κ1) is 18.5. The predicted molar refractivity (Wildman–Crippen MR) is 110 cm³/mol. The molecule has 0 aromatic heterocycles. The lowest BCUT2D eigenvalue weighted by Gasteiger charge is -2.18. The van der Waals surface area contributed by atoms with Crippen LogP contribution in [0.2, 0.25) is 0 Å². The van der Waals surface area contributed by atoms with Crippen LogP contribution < -0.4 is 4.84 Å². The number of hydroxylamine groups is 2. The Hall–Kier alpha value is -2.88. The van der Waals surface area contributed by atoms with Gasteiger partial charge >= 0.3 is 0 Å². The maximum atomic E-state index is 12.7. The van der Waals surface area contributed by atoms with Crippen LogP contribution in [-0.4, -0.2) is 16.9 Å². The summed E-state index contributed by atoms with van der Waals surface area (Å²) in [5.74, 6) is -0.191. The van der Waals surface area contributed by atoms with Crippen molar-refractivity contribution in [3.63, 3.8) is 0 Å². The quantitative estimate of drug-likeness (QED) is 0.516. The van der Waals surface area contributed by atoms with Crippen molar-refractivity contribution < 1.29 is 14.4 Å². The van der Waals surface area contributed by atoms with Crippen LogP contribution in [0.15, 0.2) is 53.6 Å². The van der Waals surface area contributed by atoms with Gasteiger partial charge in [0.1, 0.15) is 0 Å². The van der Waals surface area contributed by atoms with Gasteiger partial charge in [0, 0.05) is 5.39 Å². The topological polar surface area (TPSA) is 46.6 Å². The Kier molecular flexibility index (Phi) is 5.03. The average Bonchev–Trinajstić information content (AvgIpc) is 2.95. The van der Waals surface area contributed by atoms with Crippen LogP contribution in [0.4, 0.5) is 0 Å². The maximum absolute atomic E-state index is 12.7. The predicted octanol–water partition coefficient (Wildman–Crippen LogP) is 5.19. The standard InChI is InChI=1S/C24H25NO3/c1-3-4-5-10-17-16(2)15-22(19-12-7-6-11-18(17)19)28-25-23(26)20-13-8-9-14-21(20)24(25)27/h6-7,11-15H,3-5,8-10H2,1-2H3. The third-order valence-electron chi connectivity index (χ3n) is 5.54. The first-order chi connectivity index (χ1) is 13.6. The third kappa shape index (κ3) is 3.13. The summed E-state index contributed by atoms with van der Waals surface area (Å²) in [5, 5.41) is 2.97. The van der Waals surface area contributed by atoms with Crippen molar-refractivity contribution in [3.05, 3.63) is 64.8 Å². The van der Waals surface area contributed by atoms with Gasteiger partial charge in [0.15, 0.2) is 5.75 Å². The number of carbonyl (C=O) groups excluding carboxylic acids is 2. The van der Waals surface area contributed by atoms with Crippen molar-refractivity contribution in [1.29, 1.82) is 0 Å². The minimum absolute atomic E-state index is 0.371. The number of allylic oxidation sites excluding steroid dienone is 2. The second kappa shape index (κ2) is 7.63. The molecule has 144 valence electrons. The van der Waals surface area contributed by atoms with E-state index in [1.165, 1.54) is 18.4 Å². The molecule has 4 heteroatoms. The van der Waals surface area contributed by atoms with Crippen LogP contribution in [0.5, 0.6) is 5.75 Å². The van der Waals surface area contributed by atoms with Gasteiger partial charge in [-0.25, -0.2) is 0 Å². The molecule has 0 spiro atoms. The van der Waals surface area contributed by atoms with E-state index in [0.717, 1.165) is 47.1 Å². The van der Waals surface area contributed by atoms with Crippen LogP contribution in [-0.2, 0) is 16.0 Å². The molecule has 0 unspecified atom stereocenters. The molecule has 2 aromatic rings. The summed E-state index contributed by atoms with van der Waals surface area (Å²) in [6, 6.07) is 10.0. The minimum atomic E-state index is -0.371. The van der Waals surface area contributed by atoms with Gasteiger partial charge in [0.2, 0.25) is 0 Å². The lowest BCUT2D eigenvalue weighted by Crippen LogP contribution is -2.33. The lowest BCUT2D eigenvalue weighted by atomic mass is 9.95. The SMILES string of the molecule is CCCCCc1c(C)cc(ON2C(=O)C3=CCCC=C3C2=O)c2ccccc12. The molecule has 0 N–H and O–H groups in total. The molecule has 4 nitrogen and oxygen atoms in total. The van der Waals surface area contributed by atoms with Gasteiger partial charge < -0.3 is 4.84 Å². The summed E-state index contributed by atoms with van der Waals surface area (Å²) in [6.45, 7) is 4.27. The third-order valence-corrected chi connectivity index (χ3v) is 5.54. The summed E-state index contributed by atoms with van der Waals surface area (Å²) >= 11 is 0. The van der Waals surface area contributed by atoms with E-state index in [1.54, 1.807) is 0 Å². The van der Waals surface area contributed by atoms with E-state index in [2.05, 4.69) is 19.9 Å². The molecule has 0 saturated carbocycles. The smallest absolute Gasteiger partial charge is 0.295 e. The minimum Gasteiger partial charge on any atom is -0.368 e. The first-order valence-electron chi connectivity index (χ1n) is 10.1. The Balaban J connectivity index is 1.71. The van der Waals surface area contributed by atoms with Crippen molar-refractivity contribution >= 4 is 22.6 Å². The fourth-order valence-electron chi connectivity index (χ4n) is 4.07. The number of amides is 2. The Bertz CT molecular complexity index is 984. The summed E-state index contributed by atoms with van der Waals surface area (Å²) in [5.41, 5.74) is 3.37. The fraction of sp³-hybridized carbons (Fsp3) is 0.333. The summed E-state index contributed by atoms with van der Waals surface area (Å²) < 4.78 is 0. The number of unbranched alkanes of at least 4 members (excludes halogenated alkanes) is 2. The zero-order valence-corrected chi connectivity index (χ0v) is 16.5. The van der Waals surface area contributed by atoms with Crippen LogP contribution in [0, 0.1) is 6.92 Å². The van der Waals surface area contributed by atoms with Gasteiger partial charge in [0.25, 0.3) is 11.8 Å². The molecule has 1 fully saturated rings. The van der Waals surface area contributed by atoms with Crippen molar-refractivity contribution in [2.24, 2.45) is 0 Å². The molecule has 0 bridgehead atoms. The van der Waals surface area contributed by atoms with Gasteiger partial charge in [-0.3, -0.25) is 9.59 Å². The number of carbonyl (C=O) groups is 2. The van der Waals surface area contributed by atoms with Gasteiger partial charge in [-0.15, -0.1) is 0 Å². The highest BCUT2D eigenvalue weighted by Crippen LogP contribution is 2.35. The van der Waals surface area contributed by atoms with E-state index in [9.17, 15) is 9.59 Å².